The number of alkyl halides is 1. The summed E-state index contributed by atoms with van der Waals surface area (Å²) >= 11 is 5.60. The van der Waals surface area contributed by atoms with Crippen molar-refractivity contribution in [2.24, 2.45) is 0 Å². The molecule has 1 atom stereocenters. The van der Waals surface area contributed by atoms with Gasteiger partial charge in [-0.05, 0) is 36.1 Å². The van der Waals surface area contributed by atoms with Crippen LogP contribution in [-0.2, 0) is 9.59 Å². The van der Waals surface area contributed by atoms with E-state index in [-0.39, 0.29) is 5.91 Å². The van der Waals surface area contributed by atoms with E-state index in [0.717, 1.165) is 24.0 Å². The van der Waals surface area contributed by atoms with Crippen LogP contribution < -0.4 is 10.8 Å². The van der Waals surface area contributed by atoms with Crippen molar-refractivity contribution in [1.82, 2.24) is 5.48 Å². The first kappa shape index (κ1) is 19.0. The van der Waals surface area contributed by atoms with Crippen molar-refractivity contribution >= 4 is 29.1 Å². The van der Waals surface area contributed by atoms with Crippen molar-refractivity contribution in [3.63, 3.8) is 0 Å². The lowest BCUT2D eigenvalue weighted by Crippen LogP contribution is -2.27. The highest BCUT2D eigenvalue weighted by molar-refractivity contribution is 6.17. The van der Waals surface area contributed by atoms with Gasteiger partial charge in [-0.3, -0.25) is 14.8 Å². The molecule has 2 rings (SSSR count). The molecule has 0 aliphatic heterocycles. The van der Waals surface area contributed by atoms with Crippen molar-refractivity contribution in [3.05, 3.63) is 65.7 Å². The van der Waals surface area contributed by atoms with Gasteiger partial charge in [0.2, 0.25) is 5.91 Å². The van der Waals surface area contributed by atoms with Gasteiger partial charge in [0.25, 0.3) is 5.91 Å². The smallest absolute Gasteiger partial charge is 0.255 e. The third kappa shape index (κ3) is 5.59. The van der Waals surface area contributed by atoms with E-state index < -0.39 is 11.8 Å². The number of hydrogen-bond donors (Lipinski definition) is 3. The summed E-state index contributed by atoms with van der Waals surface area (Å²) in [4.78, 5) is 23.9. The van der Waals surface area contributed by atoms with E-state index in [0.29, 0.717) is 18.0 Å². The summed E-state index contributed by atoms with van der Waals surface area (Å²) in [5, 5.41) is 11.9. The second-order valence-electron chi connectivity index (χ2n) is 5.64. The Hall–Kier alpha value is -2.37. The molecule has 132 valence electrons. The quantitative estimate of drug-likeness (QED) is 0.291. The average molecular weight is 361 g/mol. The topological polar surface area (TPSA) is 78.4 Å². The molecule has 25 heavy (non-hydrogen) atoms. The van der Waals surface area contributed by atoms with E-state index in [9.17, 15) is 9.59 Å². The molecule has 6 heteroatoms. The Labute approximate surface area is 152 Å². The minimum atomic E-state index is -0.625. The number of nitrogens with one attached hydrogen (secondary N) is 2. The van der Waals surface area contributed by atoms with Gasteiger partial charge in [0.1, 0.15) is 0 Å². The Balaban J connectivity index is 2.11. The minimum absolute atomic E-state index is 0.0643. The van der Waals surface area contributed by atoms with Crippen LogP contribution in [0.4, 0.5) is 5.69 Å². The molecule has 0 bridgehead atoms. The Morgan fingerprint density at radius 3 is 2.20 bits per heavy atom. The monoisotopic (exact) mass is 360 g/mol. The Morgan fingerprint density at radius 2 is 1.60 bits per heavy atom. The van der Waals surface area contributed by atoms with E-state index >= 15 is 0 Å². The van der Waals surface area contributed by atoms with Gasteiger partial charge in [0.05, 0.1) is 5.92 Å². The fraction of sp³-hybridized carbons (Fsp3) is 0.263. The zero-order valence-corrected chi connectivity index (χ0v) is 14.5. The van der Waals surface area contributed by atoms with Crippen LogP contribution in [0.2, 0.25) is 0 Å². The van der Waals surface area contributed by atoms with Gasteiger partial charge < -0.3 is 5.32 Å². The average Bonchev–Trinajstić information content (AvgIpc) is 2.64. The predicted octanol–water partition coefficient (Wildman–Crippen LogP) is 3.67. The Morgan fingerprint density at radius 1 is 0.960 bits per heavy atom. The molecule has 2 amide bonds. The molecular weight excluding hydrogens is 340 g/mol. The summed E-state index contributed by atoms with van der Waals surface area (Å²) in [5.74, 6) is -0.648. The maximum absolute atomic E-state index is 12.1. The maximum atomic E-state index is 12.1. The largest absolute Gasteiger partial charge is 0.326 e. The molecule has 0 radical (unpaired) electrons. The predicted molar refractivity (Wildman–Crippen MR) is 97.9 cm³/mol. The Kier molecular flexibility index (Phi) is 7.44. The molecule has 5 nitrogen and oxygen atoms in total. The summed E-state index contributed by atoms with van der Waals surface area (Å²) in [6, 6.07) is 16.2. The fourth-order valence-electron chi connectivity index (χ4n) is 2.57. The molecule has 0 aromatic heterocycles. The molecule has 1 unspecified atom stereocenters. The van der Waals surface area contributed by atoms with E-state index in [4.69, 9.17) is 16.8 Å². The highest BCUT2D eigenvalue weighted by Crippen LogP contribution is 2.26. The number of hydrogen-bond acceptors (Lipinski definition) is 3. The third-order valence-corrected chi connectivity index (χ3v) is 4.09. The SMILES string of the molecule is O=C(CCCCCl)Nc1ccc(C(C(=O)NO)c2ccccc2)cc1. The van der Waals surface area contributed by atoms with Crippen LogP contribution in [0.3, 0.4) is 0 Å². The second-order valence-corrected chi connectivity index (χ2v) is 6.01. The molecule has 2 aromatic carbocycles. The molecule has 0 fully saturated rings. The number of benzene rings is 2. The second kappa shape index (κ2) is 9.81. The summed E-state index contributed by atoms with van der Waals surface area (Å²) in [7, 11) is 0. The van der Waals surface area contributed by atoms with E-state index in [2.05, 4.69) is 5.32 Å². The lowest BCUT2D eigenvalue weighted by molar-refractivity contribution is -0.129. The first-order valence-corrected chi connectivity index (χ1v) is 8.64. The highest BCUT2D eigenvalue weighted by atomic mass is 35.5. The number of carbonyl (C=O) groups is 2. The van der Waals surface area contributed by atoms with Crippen molar-refractivity contribution in [3.8, 4) is 0 Å². The minimum Gasteiger partial charge on any atom is -0.326 e. The zero-order valence-electron chi connectivity index (χ0n) is 13.7. The highest BCUT2D eigenvalue weighted by Gasteiger charge is 2.22. The summed E-state index contributed by atoms with van der Waals surface area (Å²) in [6.45, 7) is 0. The molecule has 3 N–H and O–H groups in total. The van der Waals surface area contributed by atoms with Gasteiger partial charge in [0, 0.05) is 18.0 Å². The normalized spacial score (nSPS) is 11.6. The number of unbranched alkanes of at least 4 members (excludes halogenated alkanes) is 1. The molecule has 2 aromatic rings. The van der Waals surface area contributed by atoms with Crippen LogP contribution in [0.15, 0.2) is 54.6 Å². The number of halogens is 1. The first-order chi connectivity index (χ1) is 12.2. The fourth-order valence-corrected chi connectivity index (χ4v) is 2.76. The van der Waals surface area contributed by atoms with Crippen LogP contribution >= 0.6 is 11.6 Å². The van der Waals surface area contributed by atoms with Crippen LogP contribution in [0.1, 0.15) is 36.3 Å². The molecule has 0 aliphatic rings. The number of rotatable bonds is 8. The van der Waals surface area contributed by atoms with Crippen molar-refractivity contribution in [2.45, 2.75) is 25.2 Å². The number of anilines is 1. The third-order valence-electron chi connectivity index (χ3n) is 3.82. The first-order valence-electron chi connectivity index (χ1n) is 8.10. The van der Waals surface area contributed by atoms with Gasteiger partial charge in [-0.1, -0.05) is 42.5 Å². The van der Waals surface area contributed by atoms with Crippen molar-refractivity contribution in [1.29, 1.82) is 0 Å². The number of carbonyl (C=O) groups excluding carboxylic acids is 2. The summed E-state index contributed by atoms with van der Waals surface area (Å²) < 4.78 is 0. The van der Waals surface area contributed by atoms with E-state index in [1.54, 1.807) is 29.7 Å². The molecule has 0 spiro atoms. The molecule has 0 saturated heterocycles. The summed E-state index contributed by atoms with van der Waals surface area (Å²) in [6.07, 6.45) is 1.98. The maximum Gasteiger partial charge on any atom is 0.255 e. The van der Waals surface area contributed by atoms with Gasteiger partial charge in [-0.2, -0.15) is 0 Å². The van der Waals surface area contributed by atoms with Crippen LogP contribution in [0, 0.1) is 0 Å². The standard InChI is InChI=1S/C19H21ClN2O3/c20-13-5-4-8-17(23)21-16-11-9-15(10-12-16)18(19(24)22-25)14-6-2-1-3-7-14/h1-3,6-7,9-12,18,25H,4-5,8,13H2,(H,21,23)(H,22,24). The summed E-state index contributed by atoms with van der Waals surface area (Å²) in [5.41, 5.74) is 3.87. The van der Waals surface area contributed by atoms with Crippen molar-refractivity contribution < 1.29 is 14.8 Å². The van der Waals surface area contributed by atoms with Crippen LogP contribution in [0.25, 0.3) is 0 Å². The van der Waals surface area contributed by atoms with Gasteiger partial charge in [-0.25, -0.2) is 5.48 Å². The zero-order chi connectivity index (χ0) is 18.1. The lowest BCUT2D eigenvalue weighted by atomic mass is 9.90. The number of amides is 2. The molecule has 0 heterocycles. The van der Waals surface area contributed by atoms with E-state index in [1.165, 1.54) is 0 Å². The lowest BCUT2D eigenvalue weighted by Gasteiger charge is -2.16. The van der Waals surface area contributed by atoms with Gasteiger partial charge >= 0.3 is 0 Å². The van der Waals surface area contributed by atoms with Gasteiger partial charge in [0.15, 0.2) is 0 Å². The van der Waals surface area contributed by atoms with Crippen molar-refractivity contribution in [2.75, 3.05) is 11.2 Å². The van der Waals surface area contributed by atoms with Crippen LogP contribution in [0.5, 0.6) is 0 Å². The Bertz CT molecular complexity index is 690. The van der Waals surface area contributed by atoms with Crippen LogP contribution in [-0.4, -0.2) is 22.9 Å². The van der Waals surface area contributed by atoms with E-state index in [1.807, 2.05) is 30.3 Å². The molecular formula is C19H21ClN2O3. The number of hydroxylamine groups is 1. The molecule has 0 saturated carbocycles. The van der Waals surface area contributed by atoms with Gasteiger partial charge in [-0.15, -0.1) is 11.6 Å². The molecule has 0 aliphatic carbocycles.